The van der Waals surface area contributed by atoms with E-state index >= 15 is 0 Å². The molecule has 3 N–H and O–H groups in total. The van der Waals surface area contributed by atoms with Crippen LogP contribution in [0.25, 0.3) is 16.0 Å². The maximum absolute atomic E-state index is 10.2. The second kappa shape index (κ2) is 10.4. The van der Waals surface area contributed by atoms with Crippen molar-refractivity contribution in [3.63, 3.8) is 0 Å². The van der Waals surface area contributed by atoms with Gasteiger partial charge in [0.15, 0.2) is 0 Å². The van der Waals surface area contributed by atoms with Gasteiger partial charge < -0.3 is 15.6 Å². The second-order valence-electron chi connectivity index (χ2n) is 7.77. The van der Waals surface area contributed by atoms with Gasteiger partial charge in [-0.15, -0.1) is 0 Å². The average Bonchev–Trinajstić information content (AvgIpc) is 2.85. The van der Waals surface area contributed by atoms with E-state index in [4.69, 9.17) is 17.0 Å². The van der Waals surface area contributed by atoms with E-state index in [9.17, 15) is 10.4 Å². The second-order valence-corrected chi connectivity index (χ2v) is 8.73. The molecule has 1 aliphatic carbocycles. The van der Waals surface area contributed by atoms with Gasteiger partial charge in [0.1, 0.15) is 28.8 Å². The normalized spacial score (nSPS) is 17.7. The van der Waals surface area contributed by atoms with E-state index in [0.717, 1.165) is 31.4 Å². The molecule has 0 radical (unpaired) electrons. The summed E-state index contributed by atoms with van der Waals surface area (Å²) in [6.45, 7) is 7.61. The molecule has 2 heterocycles. The lowest BCUT2D eigenvalue weighted by Crippen LogP contribution is -2.34. The van der Waals surface area contributed by atoms with Gasteiger partial charge >= 0.3 is 0 Å². The molecule has 7 nitrogen and oxygen atoms in total. The minimum Gasteiger partial charge on any atom is -0.488 e. The van der Waals surface area contributed by atoms with Crippen LogP contribution in [0.15, 0.2) is 53.7 Å². The van der Waals surface area contributed by atoms with Crippen LogP contribution in [0.3, 0.4) is 0 Å². The SMILES string of the molecule is [C-]#[N+]c1c(N)nc(SCc2ccccn2)c(C#N)c1-c1ccc(O[C@H]2CCCC[C@@H]2O)cc1. The number of nitriles is 1. The summed E-state index contributed by atoms with van der Waals surface area (Å²) in [6, 6.07) is 15.1. The van der Waals surface area contributed by atoms with Crippen LogP contribution in [-0.2, 0) is 5.75 Å². The third-order valence-corrected chi connectivity index (χ3v) is 6.58. The van der Waals surface area contributed by atoms with Crippen molar-refractivity contribution < 1.29 is 9.84 Å². The molecule has 0 amide bonds. The van der Waals surface area contributed by atoms with Crippen LogP contribution in [0.1, 0.15) is 36.9 Å². The fraction of sp³-hybridized carbons (Fsp3) is 0.280. The summed E-state index contributed by atoms with van der Waals surface area (Å²) in [5.74, 6) is 1.25. The van der Waals surface area contributed by atoms with Crippen molar-refractivity contribution in [2.45, 2.75) is 48.7 Å². The number of nitrogens with two attached hydrogens (primary N) is 1. The lowest BCUT2D eigenvalue weighted by molar-refractivity contribution is 0.00688. The van der Waals surface area contributed by atoms with Crippen LogP contribution < -0.4 is 10.5 Å². The molecule has 0 aliphatic heterocycles. The van der Waals surface area contributed by atoms with Gasteiger partial charge in [-0.05, 0) is 49.1 Å². The molecule has 1 fully saturated rings. The lowest BCUT2D eigenvalue weighted by Gasteiger charge is -2.28. The Morgan fingerprint density at radius 2 is 2.00 bits per heavy atom. The van der Waals surface area contributed by atoms with Gasteiger partial charge in [-0.2, -0.15) is 5.26 Å². The number of aliphatic hydroxyl groups is 1. The number of nitrogen functional groups attached to an aromatic ring is 1. The minimum atomic E-state index is -0.462. The van der Waals surface area contributed by atoms with Gasteiger partial charge in [0, 0.05) is 17.5 Å². The molecule has 33 heavy (non-hydrogen) atoms. The molecule has 4 rings (SSSR count). The molecule has 0 spiro atoms. The third-order valence-electron chi connectivity index (χ3n) is 5.57. The molecule has 2 aromatic heterocycles. The smallest absolute Gasteiger partial charge is 0.236 e. The molecule has 3 aromatic rings. The highest BCUT2D eigenvalue weighted by atomic mass is 32.2. The molecule has 1 aliphatic rings. The number of hydrogen-bond acceptors (Lipinski definition) is 7. The zero-order chi connectivity index (χ0) is 23.2. The predicted octanol–water partition coefficient (Wildman–Crippen LogP) is 5.12. The maximum atomic E-state index is 10.2. The van der Waals surface area contributed by atoms with Crippen molar-refractivity contribution in [3.8, 4) is 22.9 Å². The zero-order valence-electron chi connectivity index (χ0n) is 17.9. The topological polar surface area (TPSA) is 109 Å². The monoisotopic (exact) mass is 457 g/mol. The molecular formula is C25H23N5O2S. The number of ether oxygens (including phenoxy) is 1. The van der Waals surface area contributed by atoms with Gasteiger partial charge in [0.25, 0.3) is 0 Å². The molecular weight excluding hydrogens is 434 g/mol. The Balaban J connectivity index is 1.65. The number of benzene rings is 1. The Bertz CT molecular complexity index is 1200. The molecule has 0 saturated heterocycles. The van der Waals surface area contributed by atoms with Crippen LogP contribution in [-0.4, -0.2) is 27.3 Å². The van der Waals surface area contributed by atoms with Crippen LogP contribution >= 0.6 is 11.8 Å². The molecule has 166 valence electrons. The Hall–Kier alpha value is -3.59. The highest BCUT2D eigenvalue weighted by Gasteiger charge is 2.25. The van der Waals surface area contributed by atoms with Gasteiger partial charge in [0.2, 0.25) is 5.69 Å². The minimum absolute atomic E-state index is 0.0909. The summed E-state index contributed by atoms with van der Waals surface area (Å²) in [5, 5.41) is 20.6. The van der Waals surface area contributed by atoms with E-state index in [-0.39, 0.29) is 17.6 Å². The predicted molar refractivity (Wildman–Crippen MR) is 128 cm³/mol. The van der Waals surface area contributed by atoms with Crippen molar-refractivity contribution in [1.82, 2.24) is 9.97 Å². The van der Waals surface area contributed by atoms with Crippen LogP contribution in [0.4, 0.5) is 11.5 Å². The number of thioether (sulfide) groups is 1. The summed E-state index contributed by atoms with van der Waals surface area (Å²) in [7, 11) is 0. The molecule has 8 heteroatoms. The quantitative estimate of drug-likeness (QED) is 0.390. The van der Waals surface area contributed by atoms with E-state index < -0.39 is 6.10 Å². The van der Waals surface area contributed by atoms with Gasteiger partial charge in [-0.25, -0.2) is 9.83 Å². The van der Waals surface area contributed by atoms with E-state index in [1.165, 1.54) is 11.8 Å². The Labute approximate surface area is 197 Å². The van der Waals surface area contributed by atoms with E-state index in [1.807, 2.05) is 30.3 Å². The fourth-order valence-corrected chi connectivity index (χ4v) is 4.80. The van der Waals surface area contributed by atoms with Gasteiger partial charge in [0.05, 0.1) is 23.9 Å². The van der Waals surface area contributed by atoms with Crippen LogP contribution in [0.5, 0.6) is 5.75 Å². The summed E-state index contributed by atoms with van der Waals surface area (Å²) < 4.78 is 5.98. The number of pyridine rings is 2. The first-order chi connectivity index (χ1) is 16.1. The number of aliphatic hydroxyl groups excluding tert-OH is 1. The zero-order valence-corrected chi connectivity index (χ0v) is 18.8. The molecule has 0 bridgehead atoms. The first kappa shape index (κ1) is 22.6. The van der Waals surface area contributed by atoms with Gasteiger partial charge in [-0.3, -0.25) is 4.98 Å². The van der Waals surface area contributed by atoms with Crippen molar-refractivity contribution >= 4 is 23.3 Å². The Morgan fingerprint density at radius 3 is 2.67 bits per heavy atom. The van der Waals surface area contributed by atoms with Crippen LogP contribution in [0, 0.1) is 17.9 Å². The lowest BCUT2D eigenvalue weighted by atomic mass is 9.95. The molecule has 2 atom stereocenters. The highest BCUT2D eigenvalue weighted by molar-refractivity contribution is 7.98. The average molecular weight is 458 g/mol. The Morgan fingerprint density at radius 1 is 1.21 bits per heavy atom. The molecule has 0 unspecified atom stereocenters. The Kier molecular flexibility index (Phi) is 7.09. The largest absolute Gasteiger partial charge is 0.488 e. The third kappa shape index (κ3) is 5.09. The fourth-order valence-electron chi connectivity index (χ4n) is 3.89. The van der Waals surface area contributed by atoms with Gasteiger partial charge in [-0.1, -0.05) is 36.4 Å². The van der Waals surface area contributed by atoms with Crippen molar-refractivity contribution in [2.75, 3.05) is 5.73 Å². The molecule has 1 aromatic carbocycles. The van der Waals surface area contributed by atoms with Crippen molar-refractivity contribution in [1.29, 1.82) is 5.26 Å². The van der Waals surface area contributed by atoms with Crippen molar-refractivity contribution in [3.05, 3.63) is 71.3 Å². The summed E-state index contributed by atoms with van der Waals surface area (Å²) in [4.78, 5) is 12.2. The summed E-state index contributed by atoms with van der Waals surface area (Å²) in [6.07, 6.45) is 4.65. The maximum Gasteiger partial charge on any atom is 0.236 e. The number of nitrogens with zero attached hydrogens (tertiary/aromatic N) is 4. The number of hydrogen-bond donors (Lipinski definition) is 2. The number of rotatable bonds is 6. The van der Waals surface area contributed by atoms with Crippen molar-refractivity contribution in [2.24, 2.45) is 0 Å². The van der Waals surface area contributed by atoms with E-state index in [1.54, 1.807) is 18.3 Å². The number of aromatic nitrogens is 2. The summed E-state index contributed by atoms with van der Waals surface area (Å²) in [5.41, 5.74) is 8.59. The highest BCUT2D eigenvalue weighted by Crippen LogP contribution is 2.42. The number of anilines is 1. The summed E-state index contributed by atoms with van der Waals surface area (Å²) >= 11 is 1.36. The first-order valence-corrected chi connectivity index (χ1v) is 11.7. The van der Waals surface area contributed by atoms with E-state index in [2.05, 4.69) is 20.9 Å². The standard InChI is InChI=1S/C25H23N5O2S/c1-28-23-22(16-9-11-18(12-10-16)32-21-8-3-2-7-20(21)31)19(14-26)25(30-24(23)27)33-15-17-6-4-5-13-29-17/h4-6,9-13,20-21,31H,2-3,7-8,15H2,(H2,27,30)/t20-,21-/m0/s1. The van der Waals surface area contributed by atoms with E-state index in [0.29, 0.717) is 33.2 Å². The van der Waals surface area contributed by atoms with Crippen LogP contribution in [0.2, 0.25) is 0 Å². The first-order valence-electron chi connectivity index (χ1n) is 10.7. The molecule has 1 saturated carbocycles.